The van der Waals surface area contributed by atoms with Gasteiger partial charge in [0.1, 0.15) is 6.54 Å². The van der Waals surface area contributed by atoms with Crippen LogP contribution in [0.1, 0.15) is 38.7 Å². The van der Waals surface area contributed by atoms with E-state index in [1.807, 2.05) is 37.3 Å². The number of nitrogens with one attached hydrogen (secondary N) is 2. The topological polar surface area (TPSA) is 76.0 Å². The Bertz CT molecular complexity index is 696. The van der Waals surface area contributed by atoms with E-state index in [1.165, 1.54) is 4.68 Å². The van der Waals surface area contributed by atoms with Gasteiger partial charge in [-0.1, -0.05) is 50.6 Å². The van der Waals surface area contributed by atoms with Gasteiger partial charge in [-0.3, -0.25) is 14.3 Å². The van der Waals surface area contributed by atoms with Crippen LogP contribution in [0.15, 0.2) is 42.6 Å². The smallest absolute Gasteiger partial charge is 0.241 e. The summed E-state index contributed by atoms with van der Waals surface area (Å²) in [6, 6.07) is 11.5. The summed E-state index contributed by atoms with van der Waals surface area (Å²) in [7, 11) is 0. The van der Waals surface area contributed by atoms with Crippen LogP contribution in [-0.4, -0.2) is 28.1 Å². The van der Waals surface area contributed by atoms with Gasteiger partial charge in [0.2, 0.25) is 11.8 Å². The van der Waals surface area contributed by atoms with Gasteiger partial charge in [-0.05, 0) is 18.4 Å². The molecule has 2 atom stereocenters. The summed E-state index contributed by atoms with van der Waals surface area (Å²) in [4.78, 5) is 24.4. The molecule has 25 heavy (non-hydrogen) atoms. The lowest BCUT2D eigenvalue weighted by molar-refractivity contribution is -0.121. The molecule has 0 aliphatic rings. The molecule has 6 nitrogen and oxygen atoms in total. The maximum atomic E-state index is 12.8. The Labute approximate surface area is 148 Å². The summed E-state index contributed by atoms with van der Waals surface area (Å²) in [5.41, 5.74) is 0.996. The van der Waals surface area contributed by atoms with Crippen molar-refractivity contribution in [1.82, 2.24) is 15.1 Å². The first-order chi connectivity index (χ1) is 12.0. The zero-order chi connectivity index (χ0) is 18.2. The van der Waals surface area contributed by atoms with E-state index < -0.39 is 0 Å². The fourth-order valence-corrected chi connectivity index (χ4v) is 2.75. The van der Waals surface area contributed by atoms with Gasteiger partial charge in [-0.25, -0.2) is 0 Å². The quantitative estimate of drug-likeness (QED) is 0.774. The van der Waals surface area contributed by atoms with Crippen LogP contribution in [0.5, 0.6) is 0 Å². The average molecular weight is 342 g/mol. The van der Waals surface area contributed by atoms with Crippen LogP contribution in [-0.2, 0) is 16.1 Å². The van der Waals surface area contributed by atoms with Gasteiger partial charge in [0, 0.05) is 18.8 Å². The zero-order valence-corrected chi connectivity index (χ0v) is 15.0. The lowest BCUT2D eigenvalue weighted by Gasteiger charge is -2.22. The standard InChI is InChI=1S/C19H26N4O2/c1-4-14(3)18(15-9-7-6-8-10-15)19(25)21-16-11-12-23(22-16)13-17(24)20-5-2/h6-12,14,18H,4-5,13H2,1-3H3,(H,20,24)(H,21,22,25). The Morgan fingerprint density at radius 1 is 1.16 bits per heavy atom. The van der Waals surface area contributed by atoms with Crippen molar-refractivity contribution >= 4 is 17.6 Å². The Morgan fingerprint density at radius 3 is 2.52 bits per heavy atom. The van der Waals surface area contributed by atoms with Gasteiger partial charge in [0.15, 0.2) is 5.82 Å². The van der Waals surface area contributed by atoms with E-state index in [1.54, 1.807) is 12.3 Å². The molecule has 0 aliphatic carbocycles. The molecular formula is C19H26N4O2. The Morgan fingerprint density at radius 2 is 1.88 bits per heavy atom. The number of likely N-dealkylation sites (N-methyl/N-ethyl adjacent to an activating group) is 1. The van der Waals surface area contributed by atoms with E-state index in [4.69, 9.17) is 0 Å². The Kier molecular flexibility index (Phi) is 6.74. The molecule has 2 unspecified atom stereocenters. The van der Waals surface area contributed by atoms with Crippen molar-refractivity contribution in [2.24, 2.45) is 5.92 Å². The van der Waals surface area contributed by atoms with E-state index in [2.05, 4.69) is 29.6 Å². The molecule has 6 heteroatoms. The number of amides is 2. The van der Waals surface area contributed by atoms with Crippen molar-refractivity contribution in [3.05, 3.63) is 48.2 Å². The monoisotopic (exact) mass is 342 g/mol. The normalized spacial score (nSPS) is 13.1. The molecule has 0 saturated heterocycles. The van der Waals surface area contributed by atoms with Gasteiger partial charge in [0.05, 0.1) is 5.92 Å². The number of benzene rings is 1. The first-order valence-corrected chi connectivity index (χ1v) is 8.71. The number of hydrogen-bond acceptors (Lipinski definition) is 3. The maximum absolute atomic E-state index is 12.8. The van der Waals surface area contributed by atoms with Crippen molar-refractivity contribution in [2.45, 2.75) is 39.7 Å². The number of hydrogen-bond donors (Lipinski definition) is 2. The number of carbonyl (C=O) groups excluding carboxylic acids is 2. The summed E-state index contributed by atoms with van der Waals surface area (Å²) >= 11 is 0. The number of anilines is 1. The average Bonchev–Trinajstić information content (AvgIpc) is 3.02. The maximum Gasteiger partial charge on any atom is 0.241 e. The SMILES string of the molecule is CCNC(=O)Cn1ccc(NC(=O)C(c2ccccc2)C(C)CC)n1. The molecule has 0 spiro atoms. The first-order valence-electron chi connectivity index (χ1n) is 8.71. The number of carbonyl (C=O) groups is 2. The fourth-order valence-electron chi connectivity index (χ4n) is 2.75. The van der Waals surface area contributed by atoms with Crippen LogP contribution >= 0.6 is 0 Å². The van der Waals surface area contributed by atoms with Gasteiger partial charge in [-0.2, -0.15) is 5.10 Å². The van der Waals surface area contributed by atoms with Crippen LogP contribution in [0.2, 0.25) is 0 Å². The highest BCUT2D eigenvalue weighted by Gasteiger charge is 2.26. The highest BCUT2D eigenvalue weighted by Crippen LogP contribution is 2.28. The second-order valence-corrected chi connectivity index (χ2v) is 6.12. The van der Waals surface area contributed by atoms with Crippen molar-refractivity contribution in [3.8, 4) is 0 Å². The van der Waals surface area contributed by atoms with Gasteiger partial charge < -0.3 is 10.6 Å². The van der Waals surface area contributed by atoms with E-state index >= 15 is 0 Å². The Balaban J connectivity index is 2.08. The minimum Gasteiger partial charge on any atom is -0.355 e. The van der Waals surface area contributed by atoms with Crippen LogP contribution in [0.4, 0.5) is 5.82 Å². The van der Waals surface area contributed by atoms with Crippen LogP contribution in [0.3, 0.4) is 0 Å². The van der Waals surface area contributed by atoms with Gasteiger partial charge >= 0.3 is 0 Å². The highest BCUT2D eigenvalue weighted by molar-refractivity contribution is 5.95. The molecule has 0 saturated carbocycles. The summed E-state index contributed by atoms with van der Waals surface area (Å²) in [5.74, 6) is 0.243. The molecule has 2 amide bonds. The number of aromatic nitrogens is 2. The first kappa shape index (κ1) is 18.7. The van der Waals surface area contributed by atoms with Crippen molar-refractivity contribution in [3.63, 3.8) is 0 Å². The van der Waals surface area contributed by atoms with Crippen molar-refractivity contribution in [2.75, 3.05) is 11.9 Å². The van der Waals surface area contributed by atoms with Crippen LogP contribution in [0.25, 0.3) is 0 Å². The van der Waals surface area contributed by atoms with Crippen LogP contribution < -0.4 is 10.6 Å². The molecule has 1 aromatic heterocycles. The lowest BCUT2D eigenvalue weighted by atomic mass is 9.85. The van der Waals surface area contributed by atoms with Gasteiger partial charge in [-0.15, -0.1) is 0 Å². The number of rotatable bonds is 8. The third-order valence-electron chi connectivity index (χ3n) is 4.23. The fraction of sp³-hybridized carbons (Fsp3) is 0.421. The molecule has 2 rings (SSSR count). The van der Waals surface area contributed by atoms with Gasteiger partial charge in [0.25, 0.3) is 0 Å². The molecule has 1 aromatic carbocycles. The Hall–Kier alpha value is -2.63. The minimum absolute atomic E-state index is 0.0798. The van der Waals surface area contributed by atoms with E-state index in [0.29, 0.717) is 12.4 Å². The summed E-state index contributed by atoms with van der Waals surface area (Å²) in [5, 5.41) is 9.86. The largest absolute Gasteiger partial charge is 0.355 e. The summed E-state index contributed by atoms with van der Waals surface area (Å²) < 4.78 is 1.52. The second-order valence-electron chi connectivity index (χ2n) is 6.12. The summed E-state index contributed by atoms with van der Waals surface area (Å²) in [6.07, 6.45) is 2.59. The predicted octanol–water partition coefficient (Wildman–Crippen LogP) is 2.79. The number of nitrogens with zero attached hydrogens (tertiary/aromatic N) is 2. The molecule has 1 heterocycles. The lowest BCUT2D eigenvalue weighted by Crippen LogP contribution is -2.28. The molecule has 0 aliphatic heterocycles. The highest BCUT2D eigenvalue weighted by atomic mass is 16.2. The second kappa shape index (κ2) is 9.01. The predicted molar refractivity (Wildman–Crippen MR) is 98.2 cm³/mol. The third-order valence-corrected chi connectivity index (χ3v) is 4.23. The zero-order valence-electron chi connectivity index (χ0n) is 15.0. The van der Waals surface area contributed by atoms with Crippen LogP contribution in [0, 0.1) is 5.92 Å². The minimum atomic E-state index is -0.236. The van der Waals surface area contributed by atoms with E-state index in [0.717, 1.165) is 12.0 Å². The molecule has 0 bridgehead atoms. The molecule has 2 N–H and O–H groups in total. The summed E-state index contributed by atoms with van der Waals surface area (Å²) in [6.45, 7) is 6.74. The molecular weight excluding hydrogens is 316 g/mol. The third kappa shape index (κ3) is 5.17. The molecule has 134 valence electrons. The molecule has 0 fully saturated rings. The van der Waals surface area contributed by atoms with E-state index in [-0.39, 0.29) is 30.2 Å². The van der Waals surface area contributed by atoms with E-state index in [9.17, 15) is 9.59 Å². The molecule has 2 aromatic rings. The van der Waals surface area contributed by atoms with Crippen molar-refractivity contribution in [1.29, 1.82) is 0 Å². The van der Waals surface area contributed by atoms with Crippen molar-refractivity contribution < 1.29 is 9.59 Å². The molecule has 0 radical (unpaired) electrons.